The summed E-state index contributed by atoms with van der Waals surface area (Å²) in [5, 5.41) is 0. The molecule has 0 aliphatic carbocycles. The lowest BCUT2D eigenvalue weighted by Gasteiger charge is -2.32. The van der Waals surface area contributed by atoms with Gasteiger partial charge in [-0.25, -0.2) is 4.39 Å². The molecule has 2 N–H and O–H groups in total. The molecule has 0 amide bonds. The van der Waals surface area contributed by atoms with E-state index in [1.165, 1.54) is 18.4 Å². The minimum Gasteiger partial charge on any atom is -0.330 e. The van der Waals surface area contributed by atoms with E-state index in [-0.39, 0.29) is 5.82 Å². The Balaban J connectivity index is 1.87. The number of rotatable bonds is 4. The van der Waals surface area contributed by atoms with Crippen LogP contribution in [0.25, 0.3) is 0 Å². The molecule has 0 aromatic heterocycles. The quantitative estimate of drug-likeness (QED) is 0.890. The highest BCUT2D eigenvalue weighted by molar-refractivity contribution is 5.26. The number of benzene rings is 1. The number of hydrogen-bond donors (Lipinski definition) is 1. The lowest BCUT2D eigenvalue weighted by molar-refractivity contribution is 0.173. The minimum absolute atomic E-state index is 0.141. The number of aryl methyl sites for hydroxylation is 1. The van der Waals surface area contributed by atoms with Crippen LogP contribution in [0.4, 0.5) is 4.39 Å². The highest BCUT2D eigenvalue weighted by Crippen LogP contribution is 2.22. The van der Waals surface area contributed by atoms with E-state index in [2.05, 4.69) is 4.90 Å². The van der Waals surface area contributed by atoms with Crippen LogP contribution in [-0.2, 0) is 6.54 Å². The van der Waals surface area contributed by atoms with Gasteiger partial charge in [0.2, 0.25) is 0 Å². The average Bonchev–Trinajstić information content (AvgIpc) is 2.35. The predicted molar refractivity (Wildman–Crippen MR) is 72.8 cm³/mol. The summed E-state index contributed by atoms with van der Waals surface area (Å²) in [7, 11) is 0. The molecule has 2 nitrogen and oxygen atoms in total. The molecule has 1 heterocycles. The Hall–Kier alpha value is -0.930. The summed E-state index contributed by atoms with van der Waals surface area (Å²) < 4.78 is 13.0. The maximum absolute atomic E-state index is 13.0. The molecule has 0 bridgehead atoms. The lowest BCUT2D eigenvalue weighted by Crippen LogP contribution is -2.34. The fourth-order valence-corrected chi connectivity index (χ4v) is 2.75. The van der Waals surface area contributed by atoms with E-state index in [9.17, 15) is 4.39 Å². The van der Waals surface area contributed by atoms with Gasteiger partial charge in [0.1, 0.15) is 5.82 Å². The van der Waals surface area contributed by atoms with Gasteiger partial charge in [0.25, 0.3) is 0 Å². The van der Waals surface area contributed by atoms with Gasteiger partial charge in [0, 0.05) is 6.54 Å². The Morgan fingerprint density at radius 3 is 2.67 bits per heavy atom. The van der Waals surface area contributed by atoms with E-state index >= 15 is 0 Å². The van der Waals surface area contributed by atoms with Gasteiger partial charge >= 0.3 is 0 Å². The molecule has 0 spiro atoms. The third-order valence-electron chi connectivity index (χ3n) is 3.98. The Bertz CT molecular complexity index is 384. The molecule has 1 aliphatic heterocycles. The van der Waals surface area contributed by atoms with Crippen LogP contribution in [0.1, 0.15) is 30.4 Å². The van der Waals surface area contributed by atoms with Crippen LogP contribution >= 0.6 is 0 Å². The second-order valence-corrected chi connectivity index (χ2v) is 5.37. The summed E-state index contributed by atoms with van der Waals surface area (Å²) in [6.45, 7) is 6.02. The van der Waals surface area contributed by atoms with E-state index in [4.69, 9.17) is 5.73 Å². The van der Waals surface area contributed by atoms with E-state index < -0.39 is 0 Å². The smallest absolute Gasteiger partial charge is 0.123 e. The number of hydrogen-bond acceptors (Lipinski definition) is 2. The van der Waals surface area contributed by atoms with Gasteiger partial charge < -0.3 is 5.73 Å². The molecule has 1 saturated heterocycles. The van der Waals surface area contributed by atoms with Gasteiger partial charge in [-0.2, -0.15) is 0 Å². The molecular weight excluding hydrogens is 227 g/mol. The summed E-state index contributed by atoms with van der Waals surface area (Å²) in [4.78, 5) is 2.47. The highest BCUT2D eigenvalue weighted by atomic mass is 19.1. The topological polar surface area (TPSA) is 29.3 Å². The van der Waals surface area contributed by atoms with Gasteiger partial charge in [-0.1, -0.05) is 6.07 Å². The summed E-state index contributed by atoms with van der Waals surface area (Å²) >= 11 is 0. The number of nitrogens with zero attached hydrogens (tertiary/aromatic N) is 1. The van der Waals surface area contributed by atoms with Crippen LogP contribution in [0, 0.1) is 18.7 Å². The molecular formula is C15H23FN2. The van der Waals surface area contributed by atoms with Gasteiger partial charge in [-0.05, 0) is 75.0 Å². The first-order valence-corrected chi connectivity index (χ1v) is 6.86. The van der Waals surface area contributed by atoms with Crippen molar-refractivity contribution in [1.29, 1.82) is 0 Å². The molecule has 0 saturated carbocycles. The molecule has 1 aliphatic rings. The van der Waals surface area contributed by atoms with Crippen molar-refractivity contribution in [2.24, 2.45) is 11.7 Å². The van der Waals surface area contributed by atoms with Crippen LogP contribution in [0.15, 0.2) is 18.2 Å². The Morgan fingerprint density at radius 1 is 1.33 bits per heavy atom. The van der Waals surface area contributed by atoms with Crippen LogP contribution in [-0.4, -0.2) is 24.5 Å². The van der Waals surface area contributed by atoms with Crippen LogP contribution in [0.2, 0.25) is 0 Å². The second-order valence-electron chi connectivity index (χ2n) is 5.37. The van der Waals surface area contributed by atoms with Crippen molar-refractivity contribution < 1.29 is 4.39 Å². The van der Waals surface area contributed by atoms with E-state index in [1.807, 2.05) is 13.0 Å². The van der Waals surface area contributed by atoms with Gasteiger partial charge in [0.15, 0.2) is 0 Å². The van der Waals surface area contributed by atoms with Crippen molar-refractivity contribution in [1.82, 2.24) is 4.90 Å². The zero-order valence-electron chi connectivity index (χ0n) is 11.2. The fraction of sp³-hybridized carbons (Fsp3) is 0.600. The van der Waals surface area contributed by atoms with Crippen LogP contribution < -0.4 is 5.73 Å². The average molecular weight is 250 g/mol. The first kappa shape index (κ1) is 13.5. The molecule has 2 rings (SSSR count). The first-order valence-electron chi connectivity index (χ1n) is 6.86. The zero-order valence-corrected chi connectivity index (χ0v) is 11.2. The third kappa shape index (κ3) is 3.53. The van der Waals surface area contributed by atoms with Crippen molar-refractivity contribution in [2.45, 2.75) is 32.7 Å². The Labute approximate surface area is 109 Å². The molecule has 0 radical (unpaired) electrons. The normalized spacial score (nSPS) is 18.2. The molecule has 18 heavy (non-hydrogen) atoms. The van der Waals surface area contributed by atoms with E-state index in [0.29, 0.717) is 0 Å². The first-order chi connectivity index (χ1) is 8.69. The van der Waals surface area contributed by atoms with Gasteiger partial charge in [0.05, 0.1) is 0 Å². The molecule has 0 atom stereocenters. The van der Waals surface area contributed by atoms with Gasteiger partial charge in [-0.15, -0.1) is 0 Å². The van der Waals surface area contributed by atoms with E-state index in [0.717, 1.165) is 44.1 Å². The maximum Gasteiger partial charge on any atom is 0.123 e. The SMILES string of the molecule is Cc1cc(F)ccc1CN1CCC(CCN)CC1. The molecule has 100 valence electrons. The monoisotopic (exact) mass is 250 g/mol. The molecule has 3 heteroatoms. The summed E-state index contributed by atoms with van der Waals surface area (Å²) in [5.41, 5.74) is 7.90. The Kier molecular flexibility index (Phi) is 4.72. The van der Waals surface area contributed by atoms with Crippen molar-refractivity contribution in [3.05, 3.63) is 35.1 Å². The molecule has 1 fully saturated rings. The van der Waals surface area contributed by atoms with Crippen molar-refractivity contribution in [2.75, 3.05) is 19.6 Å². The number of piperidine rings is 1. The third-order valence-corrected chi connectivity index (χ3v) is 3.98. The summed E-state index contributed by atoms with van der Waals surface area (Å²) in [5.74, 6) is 0.665. The largest absolute Gasteiger partial charge is 0.330 e. The molecule has 1 aromatic carbocycles. The minimum atomic E-state index is -0.141. The van der Waals surface area contributed by atoms with Crippen molar-refractivity contribution in [3.63, 3.8) is 0 Å². The lowest BCUT2D eigenvalue weighted by atomic mass is 9.93. The number of halogens is 1. The van der Waals surface area contributed by atoms with Crippen molar-refractivity contribution >= 4 is 0 Å². The fourth-order valence-electron chi connectivity index (χ4n) is 2.75. The van der Waals surface area contributed by atoms with Crippen molar-refractivity contribution in [3.8, 4) is 0 Å². The zero-order chi connectivity index (χ0) is 13.0. The maximum atomic E-state index is 13.0. The second kappa shape index (κ2) is 6.30. The number of nitrogens with two attached hydrogens (primary N) is 1. The van der Waals surface area contributed by atoms with Gasteiger partial charge in [-0.3, -0.25) is 4.90 Å². The predicted octanol–water partition coefficient (Wildman–Crippen LogP) is 2.69. The summed E-state index contributed by atoms with van der Waals surface area (Å²) in [6.07, 6.45) is 3.65. The van der Waals surface area contributed by atoms with Crippen LogP contribution in [0.3, 0.4) is 0 Å². The van der Waals surface area contributed by atoms with Crippen LogP contribution in [0.5, 0.6) is 0 Å². The standard InChI is InChI=1S/C15H23FN2/c1-12-10-15(16)3-2-14(12)11-18-8-5-13(4-7-17)6-9-18/h2-3,10,13H,4-9,11,17H2,1H3. The highest BCUT2D eigenvalue weighted by Gasteiger charge is 2.18. The molecule has 0 unspecified atom stereocenters. The summed E-state index contributed by atoms with van der Waals surface area (Å²) in [6, 6.07) is 5.09. The van der Waals surface area contributed by atoms with E-state index in [1.54, 1.807) is 12.1 Å². The number of likely N-dealkylation sites (tertiary alicyclic amines) is 1. The molecule has 1 aromatic rings. The Morgan fingerprint density at radius 2 is 2.06 bits per heavy atom.